The average Bonchev–Trinajstić information content (AvgIpc) is 3.16. The molecule has 6 nitrogen and oxygen atoms in total. The number of thiazole rings is 1. The van der Waals surface area contributed by atoms with Crippen LogP contribution in [0.5, 0.6) is 0 Å². The first-order valence-electron chi connectivity index (χ1n) is 8.59. The number of nitrogens with zero attached hydrogens (tertiary/aromatic N) is 3. The zero-order valence-electron chi connectivity index (χ0n) is 15.5. The van der Waals surface area contributed by atoms with Crippen molar-refractivity contribution < 1.29 is 9.90 Å². The van der Waals surface area contributed by atoms with Crippen LogP contribution in [0.3, 0.4) is 0 Å². The second kappa shape index (κ2) is 8.28. The molecule has 0 fully saturated rings. The van der Waals surface area contributed by atoms with Crippen LogP contribution in [0.4, 0.5) is 5.13 Å². The summed E-state index contributed by atoms with van der Waals surface area (Å²) in [6, 6.07) is 12.8. The number of anilines is 1. The number of pyridine rings is 1. The molecule has 0 spiro atoms. The molecule has 3 rings (SSSR count). The lowest BCUT2D eigenvalue weighted by atomic mass is 10.1. The summed E-state index contributed by atoms with van der Waals surface area (Å²) in [7, 11) is 3.88. The van der Waals surface area contributed by atoms with Gasteiger partial charge in [0.2, 0.25) is 0 Å². The van der Waals surface area contributed by atoms with Gasteiger partial charge in [-0.05, 0) is 31.2 Å². The number of benzene rings is 1. The quantitative estimate of drug-likeness (QED) is 0.684. The van der Waals surface area contributed by atoms with Crippen LogP contribution >= 0.6 is 11.3 Å². The van der Waals surface area contributed by atoms with E-state index < -0.39 is 6.10 Å². The van der Waals surface area contributed by atoms with E-state index in [1.54, 1.807) is 36.5 Å². The van der Waals surface area contributed by atoms with Crippen molar-refractivity contribution in [2.75, 3.05) is 19.0 Å². The number of aliphatic hydroxyl groups is 1. The van der Waals surface area contributed by atoms with Gasteiger partial charge in [-0.1, -0.05) is 18.2 Å². The number of carbonyl (C=O) groups is 1. The smallest absolute Gasteiger partial charge is 0.251 e. The molecule has 0 saturated carbocycles. The molecule has 1 aromatic carbocycles. The van der Waals surface area contributed by atoms with Gasteiger partial charge >= 0.3 is 0 Å². The Morgan fingerprint density at radius 1 is 1.22 bits per heavy atom. The van der Waals surface area contributed by atoms with Gasteiger partial charge in [0, 0.05) is 30.6 Å². The molecule has 0 bridgehead atoms. The van der Waals surface area contributed by atoms with E-state index in [-0.39, 0.29) is 5.91 Å². The molecule has 1 amide bonds. The van der Waals surface area contributed by atoms with Crippen LogP contribution < -0.4 is 10.2 Å². The second-order valence-electron chi connectivity index (χ2n) is 6.40. The monoisotopic (exact) mass is 382 g/mol. The average molecular weight is 382 g/mol. The summed E-state index contributed by atoms with van der Waals surface area (Å²) >= 11 is 1.54. The van der Waals surface area contributed by atoms with Gasteiger partial charge in [-0.25, -0.2) is 4.98 Å². The van der Waals surface area contributed by atoms with Gasteiger partial charge in [0.15, 0.2) is 5.13 Å². The number of nitrogens with one attached hydrogen (secondary N) is 1. The van der Waals surface area contributed by atoms with Gasteiger partial charge in [-0.2, -0.15) is 0 Å². The van der Waals surface area contributed by atoms with Crippen LogP contribution in [0.1, 0.15) is 34.8 Å². The first kappa shape index (κ1) is 19.0. The zero-order valence-corrected chi connectivity index (χ0v) is 16.3. The van der Waals surface area contributed by atoms with Crippen molar-refractivity contribution in [1.82, 2.24) is 15.3 Å². The lowest BCUT2D eigenvalue weighted by Crippen LogP contribution is -2.23. The molecule has 0 aliphatic heterocycles. The van der Waals surface area contributed by atoms with Gasteiger partial charge in [0.25, 0.3) is 5.91 Å². The van der Waals surface area contributed by atoms with E-state index in [4.69, 9.17) is 0 Å². The van der Waals surface area contributed by atoms with E-state index in [9.17, 15) is 9.90 Å². The number of amides is 1. The van der Waals surface area contributed by atoms with Crippen molar-refractivity contribution in [3.8, 4) is 11.3 Å². The third kappa shape index (κ3) is 4.69. The van der Waals surface area contributed by atoms with Gasteiger partial charge in [0.05, 0.1) is 29.7 Å². The summed E-state index contributed by atoms with van der Waals surface area (Å²) in [5.74, 6) is -0.164. The van der Waals surface area contributed by atoms with Crippen LogP contribution in [0, 0.1) is 0 Å². The highest BCUT2D eigenvalue weighted by molar-refractivity contribution is 7.13. The molecule has 0 saturated heterocycles. The van der Waals surface area contributed by atoms with Crippen LogP contribution in [0.15, 0.2) is 47.8 Å². The maximum absolute atomic E-state index is 12.5. The number of hydrogen-bond acceptors (Lipinski definition) is 6. The maximum Gasteiger partial charge on any atom is 0.251 e. The number of hydrogen-bond donors (Lipinski definition) is 2. The number of rotatable bonds is 6. The Hall–Kier alpha value is -2.77. The summed E-state index contributed by atoms with van der Waals surface area (Å²) in [5.41, 5.74) is 3.54. The molecule has 140 valence electrons. The summed E-state index contributed by atoms with van der Waals surface area (Å²) in [5, 5.41) is 15.5. The van der Waals surface area contributed by atoms with E-state index in [1.807, 2.05) is 48.6 Å². The Kier molecular flexibility index (Phi) is 5.83. The van der Waals surface area contributed by atoms with Gasteiger partial charge in [-0.3, -0.25) is 9.78 Å². The Labute approximate surface area is 162 Å². The van der Waals surface area contributed by atoms with E-state index in [0.717, 1.165) is 22.1 Å². The zero-order chi connectivity index (χ0) is 19.4. The highest BCUT2D eigenvalue weighted by atomic mass is 32.1. The lowest BCUT2D eigenvalue weighted by molar-refractivity contribution is 0.0950. The Morgan fingerprint density at radius 3 is 2.70 bits per heavy atom. The molecule has 2 heterocycles. The molecule has 2 aromatic heterocycles. The van der Waals surface area contributed by atoms with Crippen molar-refractivity contribution >= 4 is 22.4 Å². The molecule has 0 unspecified atom stereocenters. The Balaban J connectivity index is 1.72. The standard InChI is InChI=1S/C20H22N4O2S/c1-13(25)17-8-5-9-18(23-17)14-6-4-7-15(10-14)19(26)21-11-16-12-27-20(22-16)24(2)3/h4-10,12-13,25H,11H2,1-3H3,(H,21,26)/t13-/m0/s1. The fraction of sp³-hybridized carbons (Fsp3) is 0.250. The number of aromatic nitrogens is 2. The first-order chi connectivity index (χ1) is 12.9. The van der Waals surface area contributed by atoms with Crippen molar-refractivity contribution in [2.45, 2.75) is 19.6 Å². The summed E-state index contributed by atoms with van der Waals surface area (Å²) in [6.45, 7) is 2.05. The molecule has 3 aromatic rings. The number of aliphatic hydroxyl groups excluding tert-OH is 1. The minimum atomic E-state index is -0.637. The van der Waals surface area contributed by atoms with Crippen molar-refractivity contribution in [3.63, 3.8) is 0 Å². The third-order valence-corrected chi connectivity index (χ3v) is 5.03. The predicted octanol–water partition coefficient (Wildman–Crippen LogP) is 3.25. The number of carbonyl (C=O) groups excluding carboxylic acids is 1. The fourth-order valence-corrected chi connectivity index (χ4v) is 3.28. The fourth-order valence-electron chi connectivity index (χ4n) is 2.52. The largest absolute Gasteiger partial charge is 0.387 e. The molecule has 2 N–H and O–H groups in total. The van der Waals surface area contributed by atoms with Crippen LogP contribution in [-0.2, 0) is 6.54 Å². The first-order valence-corrected chi connectivity index (χ1v) is 9.47. The van der Waals surface area contributed by atoms with Gasteiger partial charge < -0.3 is 15.3 Å². The Morgan fingerprint density at radius 2 is 2.00 bits per heavy atom. The molecular weight excluding hydrogens is 360 g/mol. The van der Waals surface area contributed by atoms with E-state index in [2.05, 4.69) is 15.3 Å². The van der Waals surface area contributed by atoms with E-state index in [0.29, 0.717) is 17.8 Å². The van der Waals surface area contributed by atoms with Crippen LogP contribution in [0.25, 0.3) is 11.3 Å². The normalized spacial score (nSPS) is 11.9. The lowest BCUT2D eigenvalue weighted by Gasteiger charge is -2.09. The topological polar surface area (TPSA) is 78.4 Å². The molecule has 0 radical (unpaired) electrons. The minimum Gasteiger partial charge on any atom is -0.387 e. The predicted molar refractivity (Wildman–Crippen MR) is 108 cm³/mol. The summed E-state index contributed by atoms with van der Waals surface area (Å²) in [4.78, 5) is 23.4. The molecule has 0 aliphatic rings. The van der Waals surface area contributed by atoms with Crippen LogP contribution in [-0.4, -0.2) is 35.1 Å². The minimum absolute atomic E-state index is 0.164. The summed E-state index contributed by atoms with van der Waals surface area (Å²) in [6.07, 6.45) is -0.637. The molecule has 1 atom stereocenters. The highest BCUT2D eigenvalue weighted by Gasteiger charge is 2.11. The van der Waals surface area contributed by atoms with Crippen molar-refractivity contribution in [2.24, 2.45) is 0 Å². The van der Waals surface area contributed by atoms with Gasteiger partial charge in [-0.15, -0.1) is 11.3 Å². The highest BCUT2D eigenvalue weighted by Crippen LogP contribution is 2.21. The summed E-state index contributed by atoms with van der Waals surface area (Å²) < 4.78 is 0. The molecule has 27 heavy (non-hydrogen) atoms. The molecule has 0 aliphatic carbocycles. The van der Waals surface area contributed by atoms with E-state index in [1.165, 1.54) is 0 Å². The van der Waals surface area contributed by atoms with Crippen molar-refractivity contribution in [3.05, 3.63) is 64.8 Å². The van der Waals surface area contributed by atoms with Gasteiger partial charge in [0.1, 0.15) is 0 Å². The molecule has 7 heteroatoms. The second-order valence-corrected chi connectivity index (χ2v) is 7.24. The third-order valence-electron chi connectivity index (χ3n) is 3.97. The van der Waals surface area contributed by atoms with Crippen LogP contribution in [0.2, 0.25) is 0 Å². The van der Waals surface area contributed by atoms with E-state index >= 15 is 0 Å². The van der Waals surface area contributed by atoms with Crippen molar-refractivity contribution in [1.29, 1.82) is 0 Å². The SMILES string of the molecule is C[C@H](O)c1cccc(-c2cccc(C(=O)NCc3csc(N(C)C)n3)c2)n1. The molecular formula is C20H22N4O2S. The maximum atomic E-state index is 12.5. The Bertz CT molecular complexity index is 937.